The van der Waals surface area contributed by atoms with Crippen LogP contribution in [0.1, 0.15) is 24.0 Å². The van der Waals surface area contributed by atoms with Crippen molar-refractivity contribution in [2.75, 3.05) is 27.2 Å². The number of aryl methyl sites for hydroxylation is 1. The van der Waals surface area contributed by atoms with Crippen LogP contribution in [-0.2, 0) is 11.2 Å². The van der Waals surface area contributed by atoms with Gasteiger partial charge in [-0.1, -0.05) is 12.1 Å². The number of fused-ring (bicyclic) bond motifs is 1. The summed E-state index contributed by atoms with van der Waals surface area (Å²) in [7, 11) is 4.06. The lowest BCUT2D eigenvalue weighted by Crippen LogP contribution is -2.45. The van der Waals surface area contributed by atoms with Gasteiger partial charge in [-0.2, -0.15) is 0 Å². The zero-order chi connectivity index (χ0) is 16.6. The van der Waals surface area contributed by atoms with Crippen LogP contribution >= 0.6 is 15.9 Å². The number of carbonyl (C=O) groups is 1. The van der Waals surface area contributed by atoms with Crippen molar-refractivity contribution in [3.05, 3.63) is 34.0 Å². The number of halogens is 1. The van der Waals surface area contributed by atoms with E-state index in [-0.39, 0.29) is 5.91 Å². The van der Waals surface area contributed by atoms with Gasteiger partial charge >= 0.3 is 0 Å². The number of hydrogen-bond donors (Lipinski definition) is 0. The Morgan fingerprint density at radius 3 is 2.78 bits per heavy atom. The molecule has 0 atom stereocenters. The molecule has 2 heterocycles. The molecule has 0 bridgehead atoms. The van der Waals surface area contributed by atoms with Crippen LogP contribution in [-0.4, -0.2) is 48.9 Å². The molecule has 0 spiro atoms. The second-order valence-corrected chi connectivity index (χ2v) is 7.29. The first-order valence-electron chi connectivity index (χ1n) is 8.07. The molecule has 0 saturated carbocycles. The van der Waals surface area contributed by atoms with E-state index in [0.717, 1.165) is 48.0 Å². The van der Waals surface area contributed by atoms with E-state index >= 15 is 0 Å². The third kappa shape index (κ3) is 3.45. The standard InChI is InChI=1S/C18H23BrN2O2/c1-12-4-5-14-15(18(19)23-16(14)10-12)11-17(22)21(3)13-6-8-20(2)9-7-13/h4-5,10,13H,6-9,11H2,1-3H3. The van der Waals surface area contributed by atoms with Gasteiger partial charge in [-0.15, -0.1) is 0 Å². The van der Waals surface area contributed by atoms with Gasteiger partial charge in [0.1, 0.15) is 5.58 Å². The molecule has 1 aliphatic heterocycles. The maximum Gasteiger partial charge on any atom is 0.227 e. The van der Waals surface area contributed by atoms with Crippen molar-refractivity contribution in [1.29, 1.82) is 0 Å². The van der Waals surface area contributed by atoms with Crippen molar-refractivity contribution < 1.29 is 9.21 Å². The summed E-state index contributed by atoms with van der Waals surface area (Å²) in [6.07, 6.45) is 2.47. The fourth-order valence-corrected chi connectivity index (χ4v) is 3.78. The van der Waals surface area contributed by atoms with Gasteiger partial charge < -0.3 is 14.2 Å². The van der Waals surface area contributed by atoms with Crippen LogP contribution in [0.15, 0.2) is 27.3 Å². The average molecular weight is 379 g/mol. The topological polar surface area (TPSA) is 36.7 Å². The zero-order valence-electron chi connectivity index (χ0n) is 13.9. The van der Waals surface area contributed by atoms with Crippen LogP contribution < -0.4 is 0 Å². The lowest BCUT2D eigenvalue weighted by atomic mass is 10.0. The van der Waals surface area contributed by atoms with Gasteiger partial charge in [-0.3, -0.25) is 4.79 Å². The van der Waals surface area contributed by atoms with Crippen LogP contribution in [0.25, 0.3) is 11.0 Å². The lowest BCUT2D eigenvalue weighted by Gasteiger charge is -2.35. The van der Waals surface area contributed by atoms with Crippen molar-refractivity contribution >= 4 is 32.8 Å². The molecule has 1 fully saturated rings. The van der Waals surface area contributed by atoms with Crippen LogP contribution in [0, 0.1) is 6.92 Å². The molecule has 4 nitrogen and oxygen atoms in total. The molecule has 0 radical (unpaired) electrons. The minimum atomic E-state index is 0.156. The molecule has 0 N–H and O–H groups in total. The molecule has 124 valence electrons. The molecule has 5 heteroatoms. The number of likely N-dealkylation sites (N-methyl/N-ethyl adjacent to an activating group) is 1. The Kier molecular flexibility index (Phi) is 4.78. The summed E-state index contributed by atoms with van der Waals surface area (Å²) in [6.45, 7) is 4.15. The van der Waals surface area contributed by atoms with Crippen molar-refractivity contribution in [3.63, 3.8) is 0 Å². The number of rotatable bonds is 3. The van der Waals surface area contributed by atoms with Crippen molar-refractivity contribution in [3.8, 4) is 0 Å². The number of likely N-dealkylation sites (tertiary alicyclic amines) is 1. The molecule has 1 saturated heterocycles. The highest BCUT2D eigenvalue weighted by Gasteiger charge is 2.25. The van der Waals surface area contributed by atoms with E-state index in [1.165, 1.54) is 0 Å². The maximum absolute atomic E-state index is 12.7. The Balaban J connectivity index is 1.76. The SMILES string of the molecule is Cc1ccc2c(CC(=O)N(C)C3CCN(C)CC3)c(Br)oc2c1. The third-order valence-electron chi connectivity index (χ3n) is 4.86. The smallest absolute Gasteiger partial charge is 0.227 e. The molecule has 2 aromatic rings. The average Bonchev–Trinajstić information content (AvgIpc) is 2.82. The van der Waals surface area contributed by atoms with Gasteiger partial charge in [0.05, 0.1) is 6.42 Å². The molecular formula is C18H23BrN2O2. The van der Waals surface area contributed by atoms with E-state index in [9.17, 15) is 4.79 Å². The van der Waals surface area contributed by atoms with Gasteiger partial charge in [0.25, 0.3) is 0 Å². The summed E-state index contributed by atoms with van der Waals surface area (Å²) >= 11 is 3.47. The summed E-state index contributed by atoms with van der Waals surface area (Å²) in [4.78, 5) is 16.9. The molecule has 1 amide bonds. The first kappa shape index (κ1) is 16.5. The van der Waals surface area contributed by atoms with Crippen molar-refractivity contribution in [1.82, 2.24) is 9.80 Å². The molecule has 0 aliphatic carbocycles. The summed E-state index contributed by atoms with van der Waals surface area (Å²) in [5.41, 5.74) is 2.94. The number of carbonyl (C=O) groups excluding carboxylic acids is 1. The molecule has 0 unspecified atom stereocenters. The summed E-state index contributed by atoms with van der Waals surface area (Å²) in [5, 5.41) is 1.02. The van der Waals surface area contributed by atoms with Gasteiger partial charge in [0.2, 0.25) is 5.91 Å². The number of hydrogen-bond acceptors (Lipinski definition) is 3. The first-order valence-corrected chi connectivity index (χ1v) is 8.86. The fourth-order valence-electron chi connectivity index (χ4n) is 3.25. The number of nitrogens with zero attached hydrogens (tertiary/aromatic N) is 2. The highest BCUT2D eigenvalue weighted by molar-refractivity contribution is 9.10. The molecule has 1 aromatic heterocycles. The zero-order valence-corrected chi connectivity index (χ0v) is 15.5. The van der Waals surface area contributed by atoms with E-state index in [1.807, 2.05) is 31.0 Å². The molecule has 3 rings (SSSR count). The summed E-state index contributed by atoms with van der Waals surface area (Å²) in [6, 6.07) is 6.45. The minimum Gasteiger partial charge on any atom is -0.449 e. The van der Waals surface area contributed by atoms with Crippen LogP contribution in [0.2, 0.25) is 0 Å². The highest BCUT2D eigenvalue weighted by atomic mass is 79.9. The monoisotopic (exact) mass is 378 g/mol. The second-order valence-electron chi connectivity index (χ2n) is 6.57. The Morgan fingerprint density at radius 2 is 2.09 bits per heavy atom. The summed E-state index contributed by atoms with van der Waals surface area (Å²) in [5.74, 6) is 0.156. The Labute approximate surface area is 145 Å². The molecule has 23 heavy (non-hydrogen) atoms. The Morgan fingerprint density at radius 1 is 1.39 bits per heavy atom. The highest BCUT2D eigenvalue weighted by Crippen LogP contribution is 2.31. The van der Waals surface area contributed by atoms with Crippen LogP contribution in [0.3, 0.4) is 0 Å². The third-order valence-corrected chi connectivity index (χ3v) is 5.50. The number of amides is 1. The Bertz CT molecular complexity index is 717. The number of piperidine rings is 1. The van der Waals surface area contributed by atoms with Gasteiger partial charge in [0.15, 0.2) is 4.67 Å². The quantitative estimate of drug-likeness (QED) is 0.818. The fraction of sp³-hybridized carbons (Fsp3) is 0.500. The number of furan rings is 1. The van der Waals surface area contributed by atoms with E-state index in [0.29, 0.717) is 17.1 Å². The normalized spacial score (nSPS) is 16.9. The first-order chi connectivity index (χ1) is 11.0. The largest absolute Gasteiger partial charge is 0.449 e. The Hall–Kier alpha value is -1.33. The lowest BCUT2D eigenvalue weighted by molar-refractivity contribution is -0.132. The minimum absolute atomic E-state index is 0.156. The van der Waals surface area contributed by atoms with E-state index in [1.54, 1.807) is 0 Å². The van der Waals surface area contributed by atoms with E-state index in [4.69, 9.17) is 4.42 Å². The molecule has 1 aromatic carbocycles. The van der Waals surface area contributed by atoms with Gasteiger partial charge in [0, 0.05) is 24.0 Å². The van der Waals surface area contributed by atoms with Crippen molar-refractivity contribution in [2.24, 2.45) is 0 Å². The summed E-state index contributed by atoms with van der Waals surface area (Å²) < 4.78 is 6.43. The maximum atomic E-state index is 12.7. The van der Waals surface area contributed by atoms with E-state index < -0.39 is 0 Å². The van der Waals surface area contributed by atoms with Crippen molar-refractivity contribution in [2.45, 2.75) is 32.2 Å². The van der Waals surface area contributed by atoms with Crippen LogP contribution in [0.4, 0.5) is 0 Å². The van der Waals surface area contributed by atoms with Gasteiger partial charge in [-0.05, 0) is 67.5 Å². The predicted octanol–water partition coefficient (Wildman–Crippen LogP) is 3.60. The number of benzene rings is 1. The van der Waals surface area contributed by atoms with Gasteiger partial charge in [-0.25, -0.2) is 0 Å². The van der Waals surface area contributed by atoms with Crippen LogP contribution in [0.5, 0.6) is 0 Å². The van der Waals surface area contributed by atoms with E-state index in [2.05, 4.69) is 33.9 Å². The molecule has 1 aliphatic rings. The molecular weight excluding hydrogens is 356 g/mol. The predicted molar refractivity (Wildman–Crippen MR) is 95.6 cm³/mol. The second kappa shape index (κ2) is 6.65.